The number of carboxylic acids is 1. The molecule has 1 saturated heterocycles. The highest BCUT2D eigenvalue weighted by molar-refractivity contribution is 8.00. The van der Waals surface area contributed by atoms with E-state index in [4.69, 9.17) is 28.3 Å². The monoisotopic (exact) mass is 319 g/mol. The average Bonchev–Trinajstić information content (AvgIpc) is 2.37. The number of aliphatic carboxylic acids is 1. The lowest BCUT2D eigenvalue weighted by molar-refractivity contribution is -0.141. The Morgan fingerprint density at radius 2 is 2.21 bits per heavy atom. The van der Waals surface area contributed by atoms with Crippen molar-refractivity contribution in [3.05, 3.63) is 33.8 Å². The third kappa shape index (κ3) is 3.35. The number of hydrogen-bond donors (Lipinski definition) is 2. The quantitative estimate of drug-likeness (QED) is 0.896. The van der Waals surface area contributed by atoms with Crippen LogP contribution in [-0.4, -0.2) is 34.0 Å². The summed E-state index contributed by atoms with van der Waals surface area (Å²) in [5.41, 5.74) is 0.788. The molecule has 1 fully saturated rings. The normalized spacial score (nSPS) is 22.9. The van der Waals surface area contributed by atoms with Crippen LogP contribution in [0.5, 0.6) is 0 Å². The van der Waals surface area contributed by atoms with Gasteiger partial charge in [-0.25, -0.2) is 4.79 Å². The van der Waals surface area contributed by atoms with Gasteiger partial charge in [0.05, 0.1) is 15.3 Å². The van der Waals surface area contributed by atoms with Crippen molar-refractivity contribution in [1.82, 2.24) is 5.32 Å². The zero-order valence-electron chi connectivity index (χ0n) is 9.73. The van der Waals surface area contributed by atoms with E-state index in [1.165, 1.54) is 11.8 Å². The molecule has 1 aromatic rings. The standard InChI is InChI=1S/C12H11Cl2NO3S/c13-7-3-1-2-6(10(7)14)4-9-11(16)15-8(5-19-9)12(17)18/h1-3,8-9H,4-5H2,(H,15,16)(H,17,18). The molecule has 0 bridgehead atoms. The van der Waals surface area contributed by atoms with Gasteiger partial charge in [-0.3, -0.25) is 4.79 Å². The summed E-state index contributed by atoms with van der Waals surface area (Å²) in [4.78, 5) is 22.6. The van der Waals surface area contributed by atoms with E-state index in [0.717, 1.165) is 5.56 Å². The van der Waals surface area contributed by atoms with Gasteiger partial charge in [0.1, 0.15) is 6.04 Å². The molecule has 2 rings (SSSR count). The Bertz CT molecular complexity index is 524. The van der Waals surface area contributed by atoms with Crippen molar-refractivity contribution in [3.8, 4) is 0 Å². The highest BCUT2D eigenvalue weighted by Crippen LogP contribution is 2.29. The molecule has 1 aliphatic heterocycles. The molecule has 1 aromatic carbocycles. The fraction of sp³-hybridized carbons (Fsp3) is 0.333. The van der Waals surface area contributed by atoms with Crippen LogP contribution in [0.1, 0.15) is 5.56 Å². The predicted molar refractivity (Wildman–Crippen MR) is 76.0 cm³/mol. The van der Waals surface area contributed by atoms with Crippen LogP contribution < -0.4 is 5.32 Å². The number of carbonyl (C=O) groups excluding carboxylic acids is 1. The van der Waals surface area contributed by atoms with Crippen molar-refractivity contribution in [3.63, 3.8) is 0 Å². The highest BCUT2D eigenvalue weighted by atomic mass is 35.5. The van der Waals surface area contributed by atoms with Gasteiger partial charge in [0.25, 0.3) is 0 Å². The first-order chi connectivity index (χ1) is 8.99. The van der Waals surface area contributed by atoms with E-state index in [0.29, 0.717) is 22.2 Å². The van der Waals surface area contributed by atoms with Gasteiger partial charge in [-0.15, -0.1) is 11.8 Å². The van der Waals surface area contributed by atoms with Crippen molar-refractivity contribution in [2.24, 2.45) is 0 Å². The summed E-state index contributed by atoms with van der Waals surface area (Å²) in [7, 11) is 0. The number of hydrogen-bond acceptors (Lipinski definition) is 3. The molecule has 0 radical (unpaired) electrons. The minimum absolute atomic E-state index is 0.278. The lowest BCUT2D eigenvalue weighted by Gasteiger charge is -2.26. The molecule has 4 nitrogen and oxygen atoms in total. The first-order valence-corrected chi connectivity index (χ1v) is 7.37. The summed E-state index contributed by atoms with van der Waals surface area (Å²) >= 11 is 13.3. The Hall–Kier alpha value is -0.910. The third-order valence-electron chi connectivity index (χ3n) is 2.81. The molecule has 2 N–H and O–H groups in total. The van der Waals surface area contributed by atoms with E-state index in [-0.39, 0.29) is 11.2 Å². The van der Waals surface area contributed by atoms with Crippen molar-refractivity contribution in [2.45, 2.75) is 17.7 Å². The van der Waals surface area contributed by atoms with Gasteiger partial charge in [0.2, 0.25) is 5.91 Å². The second-order valence-corrected chi connectivity index (χ2v) is 6.16. The van der Waals surface area contributed by atoms with Crippen LogP contribution >= 0.6 is 35.0 Å². The van der Waals surface area contributed by atoms with Gasteiger partial charge in [0, 0.05) is 5.75 Å². The Morgan fingerprint density at radius 3 is 2.84 bits per heavy atom. The molecule has 19 heavy (non-hydrogen) atoms. The molecule has 0 spiro atoms. The maximum atomic E-state index is 11.8. The third-order valence-corrected chi connectivity index (χ3v) is 4.97. The number of halogens is 2. The summed E-state index contributed by atoms with van der Waals surface area (Å²) in [5, 5.41) is 11.9. The van der Waals surface area contributed by atoms with Crippen LogP contribution in [0, 0.1) is 0 Å². The zero-order valence-corrected chi connectivity index (χ0v) is 12.1. The minimum Gasteiger partial charge on any atom is -0.480 e. The van der Waals surface area contributed by atoms with Crippen molar-refractivity contribution < 1.29 is 14.7 Å². The first kappa shape index (κ1) is 14.5. The van der Waals surface area contributed by atoms with Gasteiger partial charge in [-0.2, -0.15) is 0 Å². The molecular formula is C12H11Cl2NO3S. The first-order valence-electron chi connectivity index (χ1n) is 5.56. The second kappa shape index (κ2) is 6.03. The maximum absolute atomic E-state index is 11.8. The van der Waals surface area contributed by atoms with Crippen molar-refractivity contribution in [2.75, 3.05) is 5.75 Å². The van der Waals surface area contributed by atoms with E-state index in [2.05, 4.69) is 5.32 Å². The van der Waals surface area contributed by atoms with Gasteiger partial charge in [-0.05, 0) is 18.1 Å². The van der Waals surface area contributed by atoms with Crippen LogP contribution in [0.3, 0.4) is 0 Å². The minimum atomic E-state index is -1.01. The maximum Gasteiger partial charge on any atom is 0.327 e. The average molecular weight is 320 g/mol. The van der Waals surface area contributed by atoms with E-state index >= 15 is 0 Å². The SMILES string of the molecule is O=C(O)C1CSC(Cc2cccc(Cl)c2Cl)C(=O)N1. The van der Waals surface area contributed by atoms with E-state index in [1.54, 1.807) is 12.1 Å². The summed E-state index contributed by atoms with van der Waals surface area (Å²) in [6, 6.07) is 4.45. The fourth-order valence-electron chi connectivity index (χ4n) is 1.78. The number of amides is 1. The van der Waals surface area contributed by atoms with Crippen LogP contribution in [0.4, 0.5) is 0 Å². The Labute approximate surface area is 124 Å². The van der Waals surface area contributed by atoms with Gasteiger partial charge < -0.3 is 10.4 Å². The van der Waals surface area contributed by atoms with Crippen LogP contribution in [0.25, 0.3) is 0 Å². The number of carbonyl (C=O) groups is 2. The van der Waals surface area contributed by atoms with Gasteiger partial charge in [0.15, 0.2) is 0 Å². The van der Waals surface area contributed by atoms with Gasteiger partial charge in [-0.1, -0.05) is 35.3 Å². The van der Waals surface area contributed by atoms with Crippen molar-refractivity contribution in [1.29, 1.82) is 0 Å². The Morgan fingerprint density at radius 1 is 1.47 bits per heavy atom. The largest absolute Gasteiger partial charge is 0.480 e. The Balaban J connectivity index is 2.07. The topological polar surface area (TPSA) is 66.4 Å². The van der Waals surface area contributed by atoms with Crippen molar-refractivity contribution >= 4 is 46.8 Å². The molecule has 7 heteroatoms. The lowest BCUT2D eigenvalue weighted by atomic mass is 10.1. The molecule has 102 valence electrons. The molecule has 2 unspecified atom stereocenters. The molecule has 1 aliphatic rings. The zero-order chi connectivity index (χ0) is 14.0. The Kier molecular flexibility index (Phi) is 4.60. The molecule has 2 atom stereocenters. The fourth-order valence-corrected chi connectivity index (χ4v) is 3.35. The smallest absolute Gasteiger partial charge is 0.327 e. The summed E-state index contributed by atoms with van der Waals surface area (Å²) in [6.45, 7) is 0. The van der Waals surface area contributed by atoms with E-state index < -0.39 is 12.0 Å². The molecule has 0 aromatic heterocycles. The number of benzene rings is 1. The predicted octanol–water partition coefficient (Wildman–Crippen LogP) is 2.22. The molecule has 1 heterocycles. The molecule has 0 saturated carbocycles. The molecular weight excluding hydrogens is 309 g/mol. The van der Waals surface area contributed by atoms with E-state index in [1.807, 2.05) is 6.07 Å². The summed E-state index contributed by atoms with van der Waals surface area (Å²) in [5.74, 6) is -0.941. The van der Waals surface area contributed by atoms with Crippen LogP contribution in [-0.2, 0) is 16.0 Å². The summed E-state index contributed by atoms with van der Waals surface area (Å²) < 4.78 is 0. The highest BCUT2D eigenvalue weighted by Gasteiger charge is 2.32. The lowest BCUT2D eigenvalue weighted by Crippen LogP contribution is -2.51. The summed E-state index contributed by atoms with van der Waals surface area (Å²) in [6.07, 6.45) is 0.433. The number of rotatable bonds is 3. The van der Waals surface area contributed by atoms with Crippen LogP contribution in [0.15, 0.2) is 18.2 Å². The second-order valence-electron chi connectivity index (χ2n) is 4.14. The van der Waals surface area contributed by atoms with E-state index in [9.17, 15) is 9.59 Å². The van der Waals surface area contributed by atoms with Gasteiger partial charge >= 0.3 is 5.97 Å². The number of thioether (sulfide) groups is 1. The molecule has 1 amide bonds. The molecule has 0 aliphatic carbocycles. The number of carboxylic acid groups (broad SMARTS) is 1. The van der Waals surface area contributed by atoms with Crippen LogP contribution in [0.2, 0.25) is 10.0 Å². The number of nitrogens with one attached hydrogen (secondary N) is 1.